The van der Waals surface area contributed by atoms with Crippen LogP contribution in [0.1, 0.15) is 18.1 Å². The average Bonchev–Trinajstić information content (AvgIpc) is 2.78. The van der Waals surface area contributed by atoms with Crippen LogP contribution in [0.4, 0.5) is 4.79 Å². The standard InChI is InChI=1S/C19H21N3O2/c1-3-24-19(21-18(23)20-2)22-12-14-8-4-6-10-16(14)17-11-7-5-9-15(17)13-22/h4-11H,3,12-13H2,1-2H3,(H,20,23)/b21-19-. The number of urea groups is 1. The summed E-state index contributed by atoms with van der Waals surface area (Å²) in [7, 11) is 1.56. The molecule has 0 aromatic heterocycles. The Morgan fingerprint density at radius 3 is 2.12 bits per heavy atom. The smallest absolute Gasteiger partial charge is 0.345 e. The fourth-order valence-corrected chi connectivity index (χ4v) is 2.91. The van der Waals surface area contributed by atoms with E-state index >= 15 is 0 Å². The molecule has 0 saturated heterocycles. The highest BCUT2D eigenvalue weighted by Crippen LogP contribution is 2.32. The van der Waals surface area contributed by atoms with Crippen molar-refractivity contribution >= 4 is 12.1 Å². The number of nitrogens with one attached hydrogen (secondary N) is 1. The second-order valence-electron chi connectivity index (χ2n) is 5.55. The quantitative estimate of drug-likeness (QED) is 0.646. The Kier molecular flexibility index (Phi) is 4.79. The maximum Gasteiger partial charge on any atom is 0.345 e. The Balaban J connectivity index is 2.06. The van der Waals surface area contributed by atoms with Gasteiger partial charge in [0.15, 0.2) is 0 Å². The molecule has 0 radical (unpaired) electrons. The van der Waals surface area contributed by atoms with Gasteiger partial charge in [-0.15, -0.1) is 4.99 Å². The van der Waals surface area contributed by atoms with E-state index in [0.29, 0.717) is 25.7 Å². The molecule has 1 heterocycles. The van der Waals surface area contributed by atoms with Gasteiger partial charge in [0.05, 0.1) is 6.61 Å². The summed E-state index contributed by atoms with van der Waals surface area (Å²) in [4.78, 5) is 17.8. The summed E-state index contributed by atoms with van der Waals surface area (Å²) < 4.78 is 5.65. The Morgan fingerprint density at radius 1 is 1.08 bits per heavy atom. The number of aliphatic imine (C=N–C) groups is 1. The minimum absolute atomic E-state index is 0.350. The molecule has 0 fully saturated rings. The van der Waals surface area contributed by atoms with Gasteiger partial charge in [-0.3, -0.25) is 0 Å². The number of amides is 2. The van der Waals surface area contributed by atoms with Crippen molar-refractivity contribution in [3.05, 3.63) is 59.7 Å². The highest BCUT2D eigenvalue weighted by molar-refractivity contribution is 5.89. The summed E-state index contributed by atoms with van der Waals surface area (Å²) in [6.07, 6.45) is 0. The van der Waals surface area contributed by atoms with E-state index in [1.165, 1.54) is 22.3 Å². The minimum atomic E-state index is -0.413. The zero-order valence-electron chi connectivity index (χ0n) is 14.0. The van der Waals surface area contributed by atoms with Gasteiger partial charge in [-0.1, -0.05) is 48.5 Å². The predicted molar refractivity (Wildman–Crippen MR) is 94.6 cm³/mol. The molecule has 124 valence electrons. The van der Waals surface area contributed by atoms with Gasteiger partial charge in [0.25, 0.3) is 6.02 Å². The molecule has 0 aliphatic carbocycles. The van der Waals surface area contributed by atoms with Crippen LogP contribution in [0.2, 0.25) is 0 Å². The van der Waals surface area contributed by atoms with E-state index < -0.39 is 6.03 Å². The maximum atomic E-state index is 11.7. The average molecular weight is 323 g/mol. The van der Waals surface area contributed by atoms with Crippen molar-refractivity contribution in [2.45, 2.75) is 20.0 Å². The lowest BCUT2D eigenvalue weighted by atomic mass is 9.97. The molecule has 2 aromatic rings. The molecule has 0 unspecified atom stereocenters. The fourth-order valence-electron chi connectivity index (χ4n) is 2.91. The lowest BCUT2D eigenvalue weighted by Gasteiger charge is -2.24. The molecule has 1 N–H and O–H groups in total. The van der Waals surface area contributed by atoms with E-state index in [1.807, 2.05) is 36.1 Å². The van der Waals surface area contributed by atoms with Crippen LogP contribution in [0.15, 0.2) is 53.5 Å². The first-order valence-electron chi connectivity index (χ1n) is 8.07. The molecule has 3 rings (SSSR count). The van der Waals surface area contributed by atoms with E-state index in [1.54, 1.807) is 7.05 Å². The Hall–Kier alpha value is -2.82. The summed E-state index contributed by atoms with van der Waals surface area (Å²) in [6, 6.07) is 16.6. The summed E-state index contributed by atoms with van der Waals surface area (Å²) >= 11 is 0. The van der Waals surface area contributed by atoms with Gasteiger partial charge in [-0.2, -0.15) is 0 Å². The van der Waals surface area contributed by atoms with Crippen LogP contribution in [-0.4, -0.2) is 30.6 Å². The third kappa shape index (κ3) is 3.25. The van der Waals surface area contributed by atoms with Crippen molar-refractivity contribution in [2.24, 2.45) is 4.99 Å². The molecule has 1 aliphatic rings. The molecular formula is C19H21N3O2. The lowest BCUT2D eigenvalue weighted by molar-refractivity contribution is 0.227. The predicted octanol–water partition coefficient (Wildman–Crippen LogP) is 3.40. The van der Waals surface area contributed by atoms with E-state index in [4.69, 9.17) is 4.74 Å². The molecule has 5 heteroatoms. The van der Waals surface area contributed by atoms with Crippen LogP contribution in [0.25, 0.3) is 11.1 Å². The highest BCUT2D eigenvalue weighted by Gasteiger charge is 2.22. The molecule has 0 bridgehead atoms. The Morgan fingerprint density at radius 2 is 1.62 bits per heavy atom. The molecule has 24 heavy (non-hydrogen) atoms. The third-order valence-corrected chi connectivity index (χ3v) is 4.00. The number of benzene rings is 2. The molecule has 2 amide bonds. The first-order chi connectivity index (χ1) is 11.7. The van der Waals surface area contributed by atoms with Gasteiger partial charge in [-0.25, -0.2) is 4.79 Å². The molecule has 2 aromatic carbocycles. The monoisotopic (exact) mass is 323 g/mol. The first kappa shape index (κ1) is 16.1. The van der Waals surface area contributed by atoms with Gasteiger partial charge in [0.1, 0.15) is 0 Å². The number of rotatable bonds is 1. The second kappa shape index (κ2) is 7.17. The molecule has 0 spiro atoms. The van der Waals surface area contributed by atoms with Crippen molar-refractivity contribution in [1.29, 1.82) is 0 Å². The maximum absolute atomic E-state index is 11.7. The normalized spacial score (nSPS) is 13.6. The SMILES string of the molecule is CCO/C(=N\C(=O)NC)N1Cc2ccccc2-c2ccccc2C1. The first-order valence-corrected chi connectivity index (χ1v) is 8.07. The second-order valence-corrected chi connectivity index (χ2v) is 5.55. The highest BCUT2D eigenvalue weighted by atomic mass is 16.5. The summed E-state index contributed by atoms with van der Waals surface area (Å²) in [6.45, 7) is 3.62. The van der Waals surface area contributed by atoms with Crippen LogP contribution in [0.3, 0.4) is 0 Å². The lowest BCUT2D eigenvalue weighted by Crippen LogP contribution is -2.33. The number of carbonyl (C=O) groups is 1. The van der Waals surface area contributed by atoms with Crippen LogP contribution in [-0.2, 0) is 17.8 Å². The number of hydrogen-bond acceptors (Lipinski definition) is 2. The van der Waals surface area contributed by atoms with Crippen LogP contribution in [0, 0.1) is 0 Å². The minimum Gasteiger partial charge on any atom is -0.465 e. The molecule has 1 aliphatic heterocycles. The zero-order valence-corrected chi connectivity index (χ0v) is 14.0. The number of ether oxygens (including phenoxy) is 1. The van der Waals surface area contributed by atoms with Crippen molar-refractivity contribution in [3.8, 4) is 11.1 Å². The number of amidine groups is 1. The fraction of sp³-hybridized carbons (Fsp3) is 0.263. The van der Waals surface area contributed by atoms with E-state index in [-0.39, 0.29) is 0 Å². The summed E-state index contributed by atoms with van der Waals surface area (Å²) in [5.74, 6) is 0. The summed E-state index contributed by atoms with van der Waals surface area (Å²) in [5, 5.41) is 2.51. The van der Waals surface area contributed by atoms with Crippen LogP contribution in [0.5, 0.6) is 0 Å². The molecular weight excluding hydrogens is 302 g/mol. The van der Waals surface area contributed by atoms with Crippen LogP contribution >= 0.6 is 0 Å². The van der Waals surface area contributed by atoms with E-state index in [2.05, 4.69) is 34.6 Å². The van der Waals surface area contributed by atoms with Gasteiger partial charge in [-0.05, 0) is 29.2 Å². The van der Waals surface area contributed by atoms with E-state index in [0.717, 1.165) is 0 Å². The largest absolute Gasteiger partial charge is 0.465 e. The third-order valence-electron chi connectivity index (χ3n) is 4.00. The van der Waals surface area contributed by atoms with Gasteiger partial charge in [0.2, 0.25) is 0 Å². The number of hydrogen-bond donors (Lipinski definition) is 1. The van der Waals surface area contributed by atoms with Crippen molar-refractivity contribution in [1.82, 2.24) is 10.2 Å². The number of carbonyl (C=O) groups excluding carboxylic acids is 1. The van der Waals surface area contributed by atoms with Crippen LogP contribution < -0.4 is 5.32 Å². The van der Waals surface area contributed by atoms with Crippen molar-refractivity contribution in [3.63, 3.8) is 0 Å². The van der Waals surface area contributed by atoms with Crippen molar-refractivity contribution < 1.29 is 9.53 Å². The van der Waals surface area contributed by atoms with E-state index in [9.17, 15) is 4.79 Å². The van der Waals surface area contributed by atoms with Gasteiger partial charge < -0.3 is 15.0 Å². The topological polar surface area (TPSA) is 53.9 Å². The van der Waals surface area contributed by atoms with Gasteiger partial charge >= 0.3 is 6.03 Å². The molecule has 0 saturated carbocycles. The summed E-state index contributed by atoms with van der Waals surface area (Å²) in [5.41, 5.74) is 4.80. The number of fused-ring (bicyclic) bond motifs is 3. The molecule has 0 atom stereocenters. The van der Waals surface area contributed by atoms with Gasteiger partial charge in [0, 0.05) is 20.1 Å². The Bertz CT molecular complexity index is 723. The van der Waals surface area contributed by atoms with Crippen molar-refractivity contribution in [2.75, 3.05) is 13.7 Å². The molecule has 5 nitrogen and oxygen atoms in total. The zero-order chi connectivity index (χ0) is 16.9. The number of nitrogens with zero attached hydrogens (tertiary/aromatic N) is 2. The Labute approximate surface area is 142 Å².